The fourth-order valence-corrected chi connectivity index (χ4v) is 2.34. The van der Waals surface area contributed by atoms with Gasteiger partial charge >= 0.3 is 0 Å². The van der Waals surface area contributed by atoms with Crippen molar-refractivity contribution in [2.24, 2.45) is 0 Å². The Balaban J connectivity index is 2.22. The number of ether oxygens (including phenoxy) is 1. The maximum atomic E-state index is 12.3. The third-order valence-electron chi connectivity index (χ3n) is 3.40. The van der Waals surface area contributed by atoms with Crippen molar-refractivity contribution in [2.45, 2.75) is 26.4 Å². The van der Waals surface area contributed by atoms with Gasteiger partial charge in [-0.1, -0.05) is 12.0 Å². The number of terminal acetylenes is 1. The van der Waals surface area contributed by atoms with E-state index >= 15 is 0 Å². The van der Waals surface area contributed by atoms with E-state index in [9.17, 15) is 4.79 Å². The molecule has 1 aromatic rings. The summed E-state index contributed by atoms with van der Waals surface area (Å²) in [6, 6.07) is 3.85. The highest BCUT2D eigenvalue weighted by atomic mass is 16.5. The summed E-state index contributed by atoms with van der Waals surface area (Å²) in [5, 5.41) is 0. The predicted octanol–water partition coefficient (Wildman–Crippen LogP) is 1.64. The molecule has 0 bridgehead atoms. The Hall–Kier alpha value is -1.99. The van der Waals surface area contributed by atoms with Crippen molar-refractivity contribution in [1.82, 2.24) is 0 Å². The lowest BCUT2D eigenvalue weighted by molar-refractivity contribution is -0.126. The second-order valence-corrected chi connectivity index (χ2v) is 4.78. The van der Waals surface area contributed by atoms with E-state index in [2.05, 4.69) is 5.92 Å². The predicted molar refractivity (Wildman–Crippen MR) is 75.9 cm³/mol. The van der Waals surface area contributed by atoms with Gasteiger partial charge in [-0.25, -0.2) is 0 Å². The molecule has 0 saturated carbocycles. The third-order valence-corrected chi connectivity index (χ3v) is 3.40. The Bertz CT molecular complexity index is 546. The molecule has 1 amide bonds. The lowest BCUT2D eigenvalue weighted by Crippen LogP contribution is -2.31. The molecule has 1 aromatic carbocycles. The summed E-state index contributed by atoms with van der Waals surface area (Å²) in [7, 11) is 0. The van der Waals surface area contributed by atoms with E-state index < -0.39 is 6.10 Å². The number of hydrogen-bond donors (Lipinski definition) is 1. The van der Waals surface area contributed by atoms with Crippen molar-refractivity contribution in [3.8, 4) is 12.3 Å². The third kappa shape index (κ3) is 2.56. The number of hydrogen-bond acceptors (Lipinski definition) is 3. The highest BCUT2D eigenvalue weighted by molar-refractivity contribution is 5.99. The number of nitrogens with two attached hydrogens (primary N) is 1. The van der Waals surface area contributed by atoms with Crippen molar-refractivity contribution < 1.29 is 9.53 Å². The Morgan fingerprint density at radius 2 is 2.21 bits per heavy atom. The Kier molecular flexibility index (Phi) is 3.77. The van der Waals surface area contributed by atoms with Gasteiger partial charge in [0.15, 0.2) is 0 Å². The van der Waals surface area contributed by atoms with Crippen LogP contribution in [0.2, 0.25) is 0 Å². The average molecular weight is 258 g/mol. The van der Waals surface area contributed by atoms with Crippen LogP contribution in [-0.2, 0) is 9.53 Å². The summed E-state index contributed by atoms with van der Waals surface area (Å²) in [6.07, 6.45) is 5.37. The largest absolute Gasteiger partial charge is 0.398 e. The fraction of sp³-hybridized carbons (Fsp3) is 0.400. The van der Waals surface area contributed by atoms with E-state index in [4.69, 9.17) is 16.9 Å². The van der Waals surface area contributed by atoms with Gasteiger partial charge in [0, 0.05) is 24.3 Å². The first-order chi connectivity index (χ1) is 9.04. The second-order valence-electron chi connectivity index (χ2n) is 4.78. The first-order valence-electron chi connectivity index (χ1n) is 6.27. The van der Waals surface area contributed by atoms with Crippen LogP contribution in [0.1, 0.15) is 17.5 Å². The molecule has 100 valence electrons. The van der Waals surface area contributed by atoms with E-state index in [1.54, 1.807) is 4.90 Å². The van der Waals surface area contributed by atoms with Gasteiger partial charge < -0.3 is 15.4 Å². The summed E-state index contributed by atoms with van der Waals surface area (Å²) in [5.74, 6) is 2.34. The van der Waals surface area contributed by atoms with Crippen LogP contribution in [0.15, 0.2) is 12.1 Å². The number of carbonyl (C=O) groups excluding carboxylic acids is 1. The molecule has 1 heterocycles. The minimum Gasteiger partial charge on any atom is -0.398 e. The normalized spacial score (nSPS) is 18.7. The molecular weight excluding hydrogens is 240 g/mol. The van der Waals surface area contributed by atoms with Crippen LogP contribution in [-0.4, -0.2) is 25.2 Å². The molecule has 1 fully saturated rings. The topological polar surface area (TPSA) is 55.6 Å². The molecule has 0 spiro atoms. The number of aryl methyl sites for hydroxylation is 2. The van der Waals surface area contributed by atoms with Crippen LogP contribution in [0, 0.1) is 26.2 Å². The highest BCUT2D eigenvalue weighted by Gasteiger charge is 2.33. The van der Waals surface area contributed by atoms with Crippen molar-refractivity contribution in [3.63, 3.8) is 0 Å². The van der Waals surface area contributed by atoms with Crippen molar-refractivity contribution in [2.75, 3.05) is 23.8 Å². The van der Waals surface area contributed by atoms with Gasteiger partial charge in [-0.05, 0) is 31.0 Å². The minimum atomic E-state index is -0.432. The second kappa shape index (κ2) is 5.33. The van der Waals surface area contributed by atoms with Crippen LogP contribution >= 0.6 is 0 Å². The van der Waals surface area contributed by atoms with Gasteiger partial charge in [0.1, 0.15) is 12.7 Å². The number of benzene rings is 1. The van der Waals surface area contributed by atoms with Gasteiger partial charge in [0.05, 0.1) is 0 Å². The van der Waals surface area contributed by atoms with Gasteiger partial charge in [0.2, 0.25) is 0 Å². The highest BCUT2D eigenvalue weighted by Crippen LogP contribution is 2.30. The Labute approximate surface area is 113 Å². The van der Waals surface area contributed by atoms with E-state index in [-0.39, 0.29) is 12.5 Å². The molecule has 1 atom stereocenters. The minimum absolute atomic E-state index is 0.0402. The first-order valence-corrected chi connectivity index (χ1v) is 6.27. The zero-order valence-corrected chi connectivity index (χ0v) is 11.3. The van der Waals surface area contributed by atoms with Gasteiger partial charge in [-0.2, -0.15) is 0 Å². The summed E-state index contributed by atoms with van der Waals surface area (Å²) >= 11 is 0. The lowest BCUT2D eigenvalue weighted by Gasteiger charge is -2.20. The molecule has 2 rings (SSSR count). The molecule has 0 aromatic heterocycles. The number of rotatable bonds is 3. The Morgan fingerprint density at radius 3 is 2.89 bits per heavy atom. The van der Waals surface area contributed by atoms with E-state index in [0.717, 1.165) is 16.8 Å². The first kappa shape index (κ1) is 13.4. The number of nitrogens with zero attached hydrogens (tertiary/aromatic N) is 1. The fourth-order valence-electron chi connectivity index (χ4n) is 2.34. The zero-order chi connectivity index (χ0) is 14.0. The molecule has 4 nitrogen and oxygen atoms in total. The summed E-state index contributed by atoms with van der Waals surface area (Å²) in [4.78, 5) is 14.0. The summed E-state index contributed by atoms with van der Waals surface area (Å²) in [6.45, 7) is 4.73. The SMILES string of the molecule is C#CCOC1CCN(c2cc(N)c(C)cc2C)C1=O. The summed E-state index contributed by atoms with van der Waals surface area (Å²) < 4.78 is 5.35. The molecule has 0 radical (unpaired) electrons. The summed E-state index contributed by atoms with van der Waals surface area (Å²) in [5.41, 5.74) is 9.54. The average Bonchev–Trinajstić information content (AvgIpc) is 2.73. The van der Waals surface area contributed by atoms with E-state index in [1.807, 2.05) is 26.0 Å². The maximum absolute atomic E-state index is 12.3. The molecule has 1 aliphatic heterocycles. The van der Waals surface area contributed by atoms with Gasteiger partial charge in [-0.15, -0.1) is 6.42 Å². The van der Waals surface area contributed by atoms with E-state index in [0.29, 0.717) is 18.7 Å². The standard InChI is InChI=1S/C15H18N2O2/c1-4-7-19-14-5-6-17(15(14)18)13-9-12(16)10(2)8-11(13)3/h1,8-9,14H,5-7,16H2,2-3H3. The molecular formula is C15H18N2O2. The van der Waals surface area contributed by atoms with E-state index in [1.165, 1.54) is 0 Å². The molecule has 4 heteroatoms. The van der Waals surface area contributed by atoms with Crippen LogP contribution < -0.4 is 10.6 Å². The smallest absolute Gasteiger partial charge is 0.256 e. The van der Waals surface area contributed by atoms with Gasteiger partial charge in [0.25, 0.3) is 5.91 Å². The van der Waals surface area contributed by atoms with Crippen molar-refractivity contribution in [1.29, 1.82) is 0 Å². The molecule has 2 N–H and O–H groups in total. The number of nitrogen functional groups attached to an aromatic ring is 1. The maximum Gasteiger partial charge on any atom is 0.256 e. The van der Waals surface area contributed by atoms with Gasteiger partial charge in [-0.3, -0.25) is 4.79 Å². The van der Waals surface area contributed by atoms with Crippen molar-refractivity contribution >= 4 is 17.3 Å². The molecule has 1 saturated heterocycles. The van der Waals surface area contributed by atoms with Crippen LogP contribution in [0.25, 0.3) is 0 Å². The van der Waals surface area contributed by atoms with Crippen molar-refractivity contribution in [3.05, 3.63) is 23.3 Å². The monoisotopic (exact) mass is 258 g/mol. The molecule has 1 aliphatic rings. The molecule has 19 heavy (non-hydrogen) atoms. The number of amides is 1. The quantitative estimate of drug-likeness (QED) is 0.662. The molecule has 1 unspecified atom stereocenters. The zero-order valence-electron chi connectivity index (χ0n) is 11.3. The molecule has 0 aliphatic carbocycles. The number of anilines is 2. The van der Waals surface area contributed by atoms with Crippen LogP contribution in [0.3, 0.4) is 0 Å². The van der Waals surface area contributed by atoms with Crippen LogP contribution in [0.5, 0.6) is 0 Å². The van der Waals surface area contributed by atoms with Crippen LogP contribution in [0.4, 0.5) is 11.4 Å². The number of carbonyl (C=O) groups is 1. The lowest BCUT2D eigenvalue weighted by atomic mass is 10.1. The Morgan fingerprint density at radius 1 is 1.47 bits per heavy atom.